The lowest BCUT2D eigenvalue weighted by Gasteiger charge is -2.34. The van der Waals surface area contributed by atoms with Crippen LogP contribution in [0.25, 0.3) is 0 Å². The monoisotopic (exact) mass is 399 g/mol. The third-order valence-corrected chi connectivity index (χ3v) is 5.51. The van der Waals surface area contributed by atoms with E-state index in [1.54, 1.807) is 29.2 Å². The molecule has 0 spiro atoms. The molecule has 0 aliphatic carbocycles. The fourth-order valence-electron chi connectivity index (χ4n) is 4.17. The maximum Gasteiger partial charge on any atom is 0.233 e. The molecule has 3 aromatic carbocycles. The van der Waals surface area contributed by atoms with Crippen molar-refractivity contribution in [3.8, 4) is 0 Å². The zero-order valence-electron chi connectivity index (χ0n) is 17.2. The molecule has 1 aliphatic rings. The summed E-state index contributed by atoms with van der Waals surface area (Å²) in [6, 6.07) is 28.4. The normalized spacial score (nSPS) is 20.1. The number of hydrogen-bond donors (Lipinski definition) is 0. The fraction of sp³-hybridized carbons (Fsp3) is 0.231. The summed E-state index contributed by atoms with van der Waals surface area (Å²) < 4.78 is 6.42. The number of Topliss-reactive ketones (excluding diaryl/α,β-unsaturated/α-hetero) is 1. The third kappa shape index (κ3) is 3.91. The van der Waals surface area contributed by atoms with E-state index in [1.807, 2.05) is 80.6 Å². The molecule has 4 heteroatoms. The Morgan fingerprint density at radius 2 is 1.30 bits per heavy atom. The molecule has 0 aromatic heterocycles. The Morgan fingerprint density at radius 3 is 1.87 bits per heavy atom. The van der Waals surface area contributed by atoms with Gasteiger partial charge in [0.05, 0.1) is 12.5 Å². The largest absolute Gasteiger partial charge is 0.346 e. The molecule has 1 heterocycles. The molecule has 1 fully saturated rings. The van der Waals surface area contributed by atoms with E-state index in [-0.39, 0.29) is 30.3 Å². The summed E-state index contributed by atoms with van der Waals surface area (Å²) >= 11 is 0. The van der Waals surface area contributed by atoms with Crippen LogP contribution < -0.4 is 0 Å². The van der Waals surface area contributed by atoms with Crippen LogP contribution in [0.1, 0.15) is 53.9 Å². The van der Waals surface area contributed by atoms with Crippen LogP contribution in [0.5, 0.6) is 0 Å². The van der Waals surface area contributed by atoms with Crippen LogP contribution in [-0.2, 0) is 9.53 Å². The van der Waals surface area contributed by atoms with Gasteiger partial charge in [0.25, 0.3) is 0 Å². The highest BCUT2D eigenvalue weighted by Crippen LogP contribution is 2.49. The van der Waals surface area contributed by atoms with Crippen molar-refractivity contribution in [2.24, 2.45) is 0 Å². The topological polar surface area (TPSA) is 46.6 Å². The lowest BCUT2D eigenvalue weighted by atomic mass is 9.94. The van der Waals surface area contributed by atoms with Gasteiger partial charge in [0.15, 0.2) is 5.78 Å². The minimum atomic E-state index is -0.852. The quantitative estimate of drug-likeness (QED) is 0.430. The molecule has 4 nitrogen and oxygen atoms in total. The molecule has 1 saturated heterocycles. The second kappa shape index (κ2) is 8.25. The molecule has 4 rings (SSSR count). The molecule has 1 aliphatic heterocycles. The predicted molar refractivity (Wildman–Crippen MR) is 116 cm³/mol. The van der Waals surface area contributed by atoms with Crippen LogP contribution in [0.15, 0.2) is 91.0 Å². The molecule has 30 heavy (non-hydrogen) atoms. The van der Waals surface area contributed by atoms with Crippen LogP contribution in [0.4, 0.5) is 0 Å². The number of rotatable bonds is 5. The van der Waals surface area contributed by atoms with Crippen molar-refractivity contribution in [1.82, 2.24) is 4.90 Å². The number of benzene rings is 3. The first-order chi connectivity index (χ1) is 14.5. The van der Waals surface area contributed by atoms with Gasteiger partial charge in [-0.15, -0.1) is 0 Å². The summed E-state index contributed by atoms with van der Waals surface area (Å²) in [6.45, 7) is 3.77. The van der Waals surface area contributed by atoms with E-state index >= 15 is 0 Å². The molecule has 0 radical (unpaired) electrons. The highest BCUT2D eigenvalue weighted by atomic mass is 16.5. The highest BCUT2D eigenvalue weighted by Gasteiger charge is 2.50. The Kier molecular flexibility index (Phi) is 5.51. The van der Waals surface area contributed by atoms with Crippen molar-refractivity contribution in [2.45, 2.75) is 38.1 Å². The van der Waals surface area contributed by atoms with Crippen LogP contribution in [0, 0.1) is 0 Å². The Labute approximate surface area is 177 Å². The van der Waals surface area contributed by atoms with Gasteiger partial charge in [-0.05, 0) is 25.0 Å². The number of hydrogen-bond acceptors (Lipinski definition) is 3. The van der Waals surface area contributed by atoms with Gasteiger partial charge in [-0.2, -0.15) is 0 Å². The molecule has 0 unspecified atom stereocenters. The molecule has 152 valence electrons. The van der Waals surface area contributed by atoms with E-state index in [0.717, 1.165) is 11.1 Å². The number of ether oxygens (including phenoxy) is 1. The Morgan fingerprint density at radius 1 is 0.800 bits per heavy atom. The first-order valence-corrected chi connectivity index (χ1v) is 10.2. The SMILES string of the molecule is CC1(C)O[C@H](c2ccccc2)[C@H](c2ccccc2)N1C(=O)CC(=O)c1ccccc1. The van der Waals surface area contributed by atoms with Crippen molar-refractivity contribution in [2.75, 3.05) is 0 Å². The van der Waals surface area contributed by atoms with Crippen LogP contribution in [-0.4, -0.2) is 22.3 Å². The minimum Gasteiger partial charge on any atom is -0.346 e. The fourth-order valence-corrected chi connectivity index (χ4v) is 4.17. The van der Waals surface area contributed by atoms with E-state index in [2.05, 4.69) is 0 Å². The molecule has 0 N–H and O–H groups in total. The second-order valence-corrected chi connectivity index (χ2v) is 7.98. The summed E-state index contributed by atoms with van der Waals surface area (Å²) in [4.78, 5) is 27.9. The van der Waals surface area contributed by atoms with Crippen molar-refractivity contribution in [3.05, 3.63) is 108 Å². The predicted octanol–water partition coefficient (Wildman–Crippen LogP) is 5.34. The summed E-state index contributed by atoms with van der Waals surface area (Å²) in [7, 11) is 0. The lowest BCUT2D eigenvalue weighted by molar-refractivity contribution is -0.146. The van der Waals surface area contributed by atoms with Gasteiger partial charge in [-0.3, -0.25) is 9.59 Å². The minimum absolute atomic E-state index is 0.189. The highest BCUT2D eigenvalue weighted by molar-refractivity contribution is 6.07. The Balaban J connectivity index is 1.70. The van der Waals surface area contributed by atoms with Crippen molar-refractivity contribution in [1.29, 1.82) is 0 Å². The average molecular weight is 399 g/mol. The first kappa shape index (κ1) is 20.0. The Bertz CT molecular complexity index is 1020. The summed E-state index contributed by atoms with van der Waals surface area (Å²) in [5, 5.41) is 0. The van der Waals surface area contributed by atoms with Gasteiger partial charge in [0, 0.05) is 5.56 Å². The molecule has 1 amide bonds. The zero-order valence-corrected chi connectivity index (χ0v) is 17.2. The van der Waals surface area contributed by atoms with Crippen LogP contribution in [0.3, 0.4) is 0 Å². The van der Waals surface area contributed by atoms with E-state index in [4.69, 9.17) is 4.74 Å². The maximum absolute atomic E-state index is 13.4. The number of ketones is 1. The summed E-state index contributed by atoms with van der Waals surface area (Å²) in [5.74, 6) is -0.424. The molecule has 0 saturated carbocycles. The van der Waals surface area contributed by atoms with E-state index < -0.39 is 5.72 Å². The van der Waals surface area contributed by atoms with Gasteiger partial charge in [-0.25, -0.2) is 0 Å². The maximum atomic E-state index is 13.4. The van der Waals surface area contributed by atoms with E-state index in [9.17, 15) is 9.59 Å². The first-order valence-electron chi connectivity index (χ1n) is 10.2. The smallest absolute Gasteiger partial charge is 0.233 e. The van der Waals surface area contributed by atoms with Gasteiger partial charge in [-0.1, -0.05) is 91.0 Å². The van der Waals surface area contributed by atoms with Crippen LogP contribution >= 0.6 is 0 Å². The second-order valence-electron chi connectivity index (χ2n) is 7.98. The van der Waals surface area contributed by atoms with E-state index in [1.165, 1.54) is 0 Å². The molecular weight excluding hydrogens is 374 g/mol. The van der Waals surface area contributed by atoms with Crippen molar-refractivity contribution in [3.63, 3.8) is 0 Å². The molecular formula is C26H25NO3. The average Bonchev–Trinajstić information content (AvgIpc) is 3.06. The molecule has 2 atom stereocenters. The number of amides is 1. The lowest BCUT2D eigenvalue weighted by Crippen LogP contribution is -2.45. The van der Waals surface area contributed by atoms with Gasteiger partial charge < -0.3 is 9.64 Å². The Hall–Kier alpha value is -3.24. The molecule has 3 aromatic rings. The summed E-state index contributed by atoms with van der Waals surface area (Å²) in [5.41, 5.74) is 1.68. The van der Waals surface area contributed by atoms with Gasteiger partial charge in [0.2, 0.25) is 5.91 Å². The van der Waals surface area contributed by atoms with Gasteiger partial charge in [0.1, 0.15) is 11.8 Å². The van der Waals surface area contributed by atoms with Crippen LogP contribution in [0.2, 0.25) is 0 Å². The van der Waals surface area contributed by atoms with E-state index in [0.29, 0.717) is 5.56 Å². The van der Waals surface area contributed by atoms with Gasteiger partial charge >= 0.3 is 0 Å². The number of nitrogens with zero attached hydrogens (tertiary/aromatic N) is 1. The van der Waals surface area contributed by atoms with Crippen molar-refractivity contribution >= 4 is 11.7 Å². The number of carbonyl (C=O) groups is 2. The number of carbonyl (C=O) groups excluding carboxylic acids is 2. The summed E-state index contributed by atoms with van der Waals surface area (Å²) in [6.07, 6.45) is -0.513. The third-order valence-electron chi connectivity index (χ3n) is 5.51. The standard InChI is InChI=1S/C26H25NO3/c1-26(2)27(23(29)18-22(28)19-12-6-3-7-13-19)24(20-14-8-4-9-15-20)25(30-26)21-16-10-5-11-17-21/h3-17,24-25H,18H2,1-2H3/t24-,25+/m0/s1. The zero-order chi connectivity index (χ0) is 21.1. The molecule has 0 bridgehead atoms. The van der Waals surface area contributed by atoms with Crippen molar-refractivity contribution < 1.29 is 14.3 Å².